The third kappa shape index (κ3) is 1.77. The van der Waals surface area contributed by atoms with Gasteiger partial charge in [-0.05, 0) is 12.1 Å². The molecule has 0 radical (unpaired) electrons. The predicted molar refractivity (Wildman–Crippen MR) is 61.1 cm³/mol. The Kier molecular flexibility index (Phi) is 2.53. The lowest BCUT2D eigenvalue weighted by Gasteiger charge is -2.30. The summed E-state index contributed by atoms with van der Waals surface area (Å²) in [6.07, 6.45) is 5.25. The second-order valence-corrected chi connectivity index (χ2v) is 3.65. The molecule has 1 aliphatic heterocycles. The van der Waals surface area contributed by atoms with E-state index >= 15 is 0 Å². The van der Waals surface area contributed by atoms with Crippen LogP contribution in [0.5, 0.6) is 0 Å². The molecule has 1 heterocycles. The van der Waals surface area contributed by atoms with E-state index in [1.807, 2.05) is 6.07 Å². The van der Waals surface area contributed by atoms with Crippen LogP contribution in [0.25, 0.3) is 0 Å². The summed E-state index contributed by atoms with van der Waals surface area (Å²) >= 11 is 6.06. The summed E-state index contributed by atoms with van der Waals surface area (Å²) in [6.45, 7) is 0.630. The Morgan fingerprint density at radius 1 is 1.60 bits per heavy atom. The van der Waals surface area contributed by atoms with Crippen molar-refractivity contribution >= 4 is 28.9 Å². The molecule has 0 saturated heterocycles. The van der Waals surface area contributed by atoms with Crippen molar-refractivity contribution in [3.8, 4) is 12.3 Å². The largest absolute Gasteiger partial charge is 0.348 e. The van der Waals surface area contributed by atoms with Crippen molar-refractivity contribution < 1.29 is 4.79 Å². The molecule has 3 nitrogen and oxygen atoms in total. The molecule has 1 aliphatic rings. The maximum Gasteiger partial charge on any atom is 0.243 e. The first kappa shape index (κ1) is 9.88. The third-order valence-corrected chi connectivity index (χ3v) is 2.50. The van der Waals surface area contributed by atoms with E-state index in [1.165, 1.54) is 0 Å². The van der Waals surface area contributed by atoms with Crippen LogP contribution in [0.3, 0.4) is 0 Å². The van der Waals surface area contributed by atoms with E-state index in [4.69, 9.17) is 18.0 Å². The maximum atomic E-state index is 11.4. The minimum Gasteiger partial charge on any atom is -0.348 e. The number of terminal acetylenes is 1. The molecule has 1 aromatic rings. The van der Waals surface area contributed by atoms with Crippen molar-refractivity contribution in [3.05, 3.63) is 23.2 Å². The molecule has 0 saturated carbocycles. The van der Waals surface area contributed by atoms with Crippen molar-refractivity contribution in [2.75, 3.05) is 23.3 Å². The summed E-state index contributed by atoms with van der Waals surface area (Å²) in [5, 5.41) is 3.36. The minimum atomic E-state index is -0.0694. The first-order valence-electron chi connectivity index (χ1n) is 4.49. The van der Waals surface area contributed by atoms with Crippen molar-refractivity contribution in [3.63, 3.8) is 0 Å². The summed E-state index contributed by atoms with van der Waals surface area (Å²) < 4.78 is 0. The number of fused-ring (bicyclic) bond motifs is 1. The fraction of sp³-hybridized carbons (Fsp3) is 0.182. The van der Waals surface area contributed by atoms with E-state index in [1.54, 1.807) is 17.0 Å². The van der Waals surface area contributed by atoms with Crippen LogP contribution in [0.2, 0.25) is 5.02 Å². The molecule has 76 valence electrons. The second kappa shape index (κ2) is 3.84. The van der Waals surface area contributed by atoms with Gasteiger partial charge in [-0.1, -0.05) is 23.6 Å². The van der Waals surface area contributed by atoms with Crippen LogP contribution in [0, 0.1) is 12.3 Å². The van der Waals surface area contributed by atoms with Crippen LogP contribution < -0.4 is 10.2 Å². The van der Waals surface area contributed by atoms with Gasteiger partial charge >= 0.3 is 0 Å². The molecule has 0 aromatic heterocycles. The summed E-state index contributed by atoms with van der Waals surface area (Å²) in [5.74, 6) is 2.44. The average Bonchev–Trinajstić information content (AvgIpc) is 2.17. The van der Waals surface area contributed by atoms with Crippen LogP contribution in [0.15, 0.2) is 18.2 Å². The van der Waals surface area contributed by atoms with Gasteiger partial charge in [0.05, 0.1) is 29.5 Å². The molecule has 1 N–H and O–H groups in total. The molecule has 15 heavy (non-hydrogen) atoms. The standard InChI is InChI=1S/C11H9ClN2O/c1-2-6-14-7-10(15)13-9-5-3-4-8(12)11(9)14/h1,3-5H,6-7H2,(H,13,15). The molecule has 2 rings (SSSR count). The van der Waals surface area contributed by atoms with Crippen molar-refractivity contribution in [1.82, 2.24) is 0 Å². The number of amides is 1. The summed E-state index contributed by atoms with van der Waals surface area (Å²) in [7, 11) is 0. The lowest BCUT2D eigenvalue weighted by molar-refractivity contribution is -0.115. The Morgan fingerprint density at radius 2 is 2.40 bits per heavy atom. The highest BCUT2D eigenvalue weighted by molar-refractivity contribution is 6.34. The second-order valence-electron chi connectivity index (χ2n) is 3.24. The molecule has 0 atom stereocenters. The fourth-order valence-electron chi connectivity index (χ4n) is 1.62. The number of rotatable bonds is 1. The molecule has 0 unspecified atom stereocenters. The zero-order valence-electron chi connectivity index (χ0n) is 7.96. The number of carbonyl (C=O) groups excluding carboxylic acids is 1. The van der Waals surface area contributed by atoms with Gasteiger partial charge in [-0.25, -0.2) is 0 Å². The number of hydrogen-bond donors (Lipinski definition) is 1. The summed E-state index contributed by atoms with van der Waals surface area (Å²) in [5.41, 5.74) is 1.52. The highest BCUT2D eigenvalue weighted by Gasteiger charge is 2.23. The predicted octanol–water partition coefficient (Wildman–Crippen LogP) is 1.73. The highest BCUT2D eigenvalue weighted by Crippen LogP contribution is 2.35. The van der Waals surface area contributed by atoms with Gasteiger partial charge in [-0.3, -0.25) is 4.79 Å². The first-order valence-corrected chi connectivity index (χ1v) is 4.87. The van der Waals surface area contributed by atoms with E-state index in [2.05, 4.69) is 11.2 Å². The number of halogens is 1. The summed E-state index contributed by atoms with van der Waals surface area (Å²) in [6, 6.07) is 5.38. The topological polar surface area (TPSA) is 32.3 Å². The van der Waals surface area contributed by atoms with Crippen molar-refractivity contribution in [1.29, 1.82) is 0 Å². The molecule has 1 amide bonds. The van der Waals surface area contributed by atoms with Gasteiger partial charge in [-0.15, -0.1) is 6.42 Å². The van der Waals surface area contributed by atoms with Gasteiger partial charge in [-0.2, -0.15) is 0 Å². The summed E-state index contributed by atoms with van der Waals surface area (Å²) in [4.78, 5) is 13.1. The quantitative estimate of drug-likeness (QED) is 0.732. The first-order chi connectivity index (χ1) is 7.22. The number of benzene rings is 1. The van der Waals surface area contributed by atoms with E-state index in [9.17, 15) is 4.79 Å². The van der Waals surface area contributed by atoms with Crippen LogP contribution in [-0.4, -0.2) is 19.0 Å². The number of nitrogens with one attached hydrogen (secondary N) is 1. The number of nitrogens with zero attached hydrogens (tertiary/aromatic N) is 1. The number of hydrogen-bond acceptors (Lipinski definition) is 2. The lowest BCUT2D eigenvalue weighted by atomic mass is 10.2. The molecular formula is C11H9ClN2O. The fourth-order valence-corrected chi connectivity index (χ4v) is 1.92. The van der Waals surface area contributed by atoms with E-state index < -0.39 is 0 Å². The zero-order chi connectivity index (χ0) is 10.8. The third-order valence-electron chi connectivity index (χ3n) is 2.19. The molecule has 0 bridgehead atoms. The van der Waals surface area contributed by atoms with E-state index in [-0.39, 0.29) is 12.5 Å². The normalized spacial score (nSPS) is 14.1. The van der Waals surface area contributed by atoms with Crippen LogP contribution in [0.4, 0.5) is 11.4 Å². The smallest absolute Gasteiger partial charge is 0.243 e. The Bertz CT molecular complexity index is 450. The van der Waals surface area contributed by atoms with Gasteiger partial charge < -0.3 is 10.2 Å². The lowest BCUT2D eigenvalue weighted by Crippen LogP contribution is -2.38. The number of para-hydroxylation sites is 1. The van der Waals surface area contributed by atoms with Crippen LogP contribution >= 0.6 is 11.6 Å². The van der Waals surface area contributed by atoms with Crippen molar-refractivity contribution in [2.24, 2.45) is 0 Å². The van der Waals surface area contributed by atoms with Crippen molar-refractivity contribution in [2.45, 2.75) is 0 Å². The molecule has 0 fully saturated rings. The molecule has 4 heteroatoms. The SMILES string of the molecule is C#CCN1CC(=O)Nc2cccc(Cl)c21. The highest BCUT2D eigenvalue weighted by atomic mass is 35.5. The molecular weight excluding hydrogens is 212 g/mol. The Labute approximate surface area is 93.0 Å². The van der Waals surface area contributed by atoms with E-state index in [0.29, 0.717) is 17.3 Å². The molecule has 0 aliphatic carbocycles. The van der Waals surface area contributed by atoms with Gasteiger partial charge in [0.15, 0.2) is 0 Å². The van der Waals surface area contributed by atoms with Gasteiger partial charge in [0.25, 0.3) is 0 Å². The van der Waals surface area contributed by atoms with Gasteiger partial charge in [0.1, 0.15) is 0 Å². The van der Waals surface area contributed by atoms with Crippen LogP contribution in [0.1, 0.15) is 0 Å². The van der Waals surface area contributed by atoms with Crippen LogP contribution in [-0.2, 0) is 4.79 Å². The Balaban J connectivity index is 2.48. The van der Waals surface area contributed by atoms with E-state index in [0.717, 1.165) is 5.69 Å². The number of carbonyl (C=O) groups is 1. The minimum absolute atomic E-state index is 0.0694. The monoisotopic (exact) mass is 220 g/mol. The average molecular weight is 221 g/mol. The van der Waals surface area contributed by atoms with Gasteiger partial charge in [0, 0.05) is 0 Å². The maximum absolute atomic E-state index is 11.4. The number of anilines is 2. The Morgan fingerprint density at radius 3 is 3.13 bits per heavy atom. The molecule has 1 aromatic carbocycles. The zero-order valence-corrected chi connectivity index (χ0v) is 8.71. The Hall–Kier alpha value is -1.66. The van der Waals surface area contributed by atoms with Gasteiger partial charge in [0.2, 0.25) is 5.91 Å². The molecule has 0 spiro atoms.